The maximum Gasteiger partial charge on any atom is 0.168 e. The van der Waals surface area contributed by atoms with Gasteiger partial charge < -0.3 is 10.5 Å². The number of ether oxygens (including phenoxy) is 1. The summed E-state index contributed by atoms with van der Waals surface area (Å²) in [5.41, 5.74) is 7.34. The normalized spacial score (nSPS) is 10.3. The predicted molar refractivity (Wildman–Crippen MR) is 72.1 cm³/mol. The quantitative estimate of drug-likeness (QED) is 0.803. The number of halogens is 2. The Balaban J connectivity index is 2.41. The molecule has 0 aliphatic rings. The molecular formula is C13H11Cl2NO. The van der Waals surface area contributed by atoms with Crippen molar-refractivity contribution in [3.05, 3.63) is 52.0 Å². The zero-order valence-corrected chi connectivity index (χ0v) is 10.7. The van der Waals surface area contributed by atoms with Crippen molar-refractivity contribution in [1.82, 2.24) is 0 Å². The Morgan fingerprint density at radius 3 is 2.53 bits per heavy atom. The Hall–Kier alpha value is -1.38. The smallest absolute Gasteiger partial charge is 0.168 e. The van der Waals surface area contributed by atoms with E-state index in [0.717, 1.165) is 5.56 Å². The van der Waals surface area contributed by atoms with Crippen LogP contribution in [-0.2, 0) is 0 Å². The van der Waals surface area contributed by atoms with Gasteiger partial charge in [0.2, 0.25) is 0 Å². The van der Waals surface area contributed by atoms with Crippen LogP contribution in [0.15, 0.2) is 36.4 Å². The summed E-state index contributed by atoms with van der Waals surface area (Å²) >= 11 is 12.1. The molecule has 2 aromatic rings. The molecule has 88 valence electrons. The van der Waals surface area contributed by atoms with Crippen LogP contribution in [0.4, 0.5) is 5.69 Å². The van der Waals surface area contributed by atoms with Gasteiger partial charge in [-0.3, -0.25) is 0 Å². The second-order valence-corrected chi connectivity index (χ2v) is 4.51. The Labute approximate surface area is 110 Å². The summed E-state index contributed by atoms with van der Waals surface area (Å²) in [5.74, 6) is 0.980. The molecule has 0 saturated carbocycles. The molecule has 0 heterocycles. The molecule has 0 aliphatic heterocycles. The highest BCUT2D eigenvalue weighted by atomic mass is 35.5. The Kier molecular flexibility index (Phi) is 3.46. The van der Waals surface area contributed by atoms with Crippen molar-refractivity contribution < 1.29 is 4.74 Å². The molecule has 2 aromatic carbocycles. The van der Waals surface area contributed by atoms with Gasteiger partial charge in [0, 0.05) is 0 Å². The van der Waals surface area contributed by atoms with E-state index in [9.17, 15) is 0 Å². The van der Waals surface area contributed by atoms with E-state index in [0.29, 0.717) is 27.2 Å². The van der Waals surface area contributed by atoms with Gasteiger partial charge >= 0.3 is 0 Å². The average Bonchev–Trinajstić information content (AvgIpc) is 2.28. The molecule has 0 aliphatic carbocycles. The molecule has 0 amide bonds. The number of nitrogen functional groups attached to an aromatic ring is 1. The lowest BCUT2D eigenvalue weighted by molar-refractivity contribution is 0.485. The van der Waals surface area contributed by atoms with Crippen LogP contribution in [0.2, 0.25) is 10.0 Å². The van der Waals surface area contributed by atoms with Crippen LogP contribution in [0.3, 0.4) is 0 Å². The number of anilines is 1. The topological polar surface area (TPSA) is 35.2 Å². The largest absolute Gasteiger partial charge is 0.452 e. The molecule has 0 saturated heterocycles. The van der Waals surface area contributed by atoms with E-state index < -0.39 is 0 Å². The van der Waals surface area contributed by atoms with E-state index >= 15 is 0 Å². The summed E-state index contributed by atoms with van der Waals surface area (Å²) < 4.78 is 5.66. The summed E-state index contributed by atoms with van der Waals surface area (Å²) in [6.45, 7) is 1.96. The van der Waals surface area contributed by atoms with Crippen LogP contribution in [0.1, 0.15) is 5.56 Å². The molecule has 0 atom stereocenters. The van der Waals surface area contributed by atoms with Gasteiger partial charge in [-0.05, 0) is 36.8 Å². The molecule has 2 N–H and O–H groups in total. The Morgan fingerprint density at radius 1 is 1.06 bits per heavy atom. The zero-order valence-electron chi connectivity index (χ0n) is 9.21. The predicted octanol–water partition coefficient (Wildman–Crippen LogP) is 4.68. The van der Waals surface area contributed by atoms with Gasteiger partial charge in [-0.1, -0.05) is 35.3 Å². The molecule has 2 nitrogen and oxygen atoms in total. The van der Waals surface area contributed by atoms with E-state index in [2.05, 4.69) is 0 Å². The highest BCUT2D eigenvalue weighted by Gasteiger charge is 2.09. The Bertz CT molecular complexity index is 535. The highest BCUT2D eigenvalue weighted by Crippen LogP contribution is 2.37. The maximum atomic E-state index is 6.04. The van der Waals surface area contributed by atoms with Crippen LogP contribution in [0.25, 0.3) is 0 Å². The molecule has 0 aromatic heterocycles. The van der Waals surface area contributed by atoms with Gasteiger partial charge in [-0.25, -0.2) is 0 Å². The third-order valence-electron chi connectivity index (χ3n) is 2.30. The second-order valence-electron chi connectivity index (χ2n) is 3.69. The summed E-state index contributed by atoms with van der Waals surface area (Å²) in [6, 6.07) is 10.7. The lowest BCUT2D eigenvalue weighted by Crippen LogP contribution is -1.93. The monoisotopic (exact) mass is 267 g/mol. The van der Waals surface area contributed by atoms with E-state index in [1.54, 1.807) is 24.3 Å². The number of para-hydroxylation sites is 1. The van der Waals surface area contributed by atoms with Gasteiger partial charge in [-0.2, -0.15) is 0 Å². The minimum absolute atomic E-state index is 0.432. The van der Waals surface area contributed by atoms with Crippen molar-refractivity contribution in [2.75, 3.05) is 5.73 Å². The van der Waals surface area contributed by atoms with Crippen LogP contribution >= 0.6 is 23.2 Å². The zero-order chi connectivity index (χ0) is 12.4. The first-order chi connectivity index (χ1) is 8.08. The van der Waals surface area contributed by atoms with E-state index in [-0.39, 0.29) is 0 Å². The van der Waals surface area contributed by atoms with Gasteiger partial charge in [0.05, 0.1) is 15.7 Å². The van der Waals surface area contributed by atoms with Crippen LogP contribution in [0, 0.1) is 6.92 Å². The maximum absolute atomic E-state index is 6.04. The average molecular weight is 268 g/mol. The van der Waals surface area contributed by atoms with Crippen molar-refractivity contribution in [2.45, 2.75) is 6.92 Å². The van der Waals surface area contributed by atoms with E-state index in [1.807, 2.05) is 19.1 Å². The second kappa shape index (κ2) is 4.86. The van der Waals surface area contributed by atoms with E-state index in [4.69, 9.17) is 33.7 Å². The minimum Gasteiger partial charge on any atom is -0.452 e. The third-order valence-corrected chi connectivity index (χ3v) is 2.91. The van der Waals surface area contributed by atoms with Crippen molar-refractivity contribution in [3.8, 4) is 11.5 Å². The van der Waals surface area contributed by atoms with Crippen molar-refractivity contribution in [3.63, 3.8) is 0 Å². The van der Waals surface area contributed by atoms with Crippen LogP contribution in [-0.4, -0.2) is 0 Å². The fraction of sp³-hybridized carbons (Fsp3) is 0.0769. The van der Waals surface area contributed by atoms with E-state index in [1.165, 1.54) is 0 Å². The number of hydrogen-bond donors (Lipinski definition) is 1. The number of rotatable bonds is 2. The number of nitrogens with two attached hydrogens (primary N) is 1. The van der Waals surface area contributed by atoms with Gasteiger partial charge in [-0.15, -0.1) is 0 Å². The molecule has 0 spiro atoms. The fourth-order valence-electron chi connectivity index (χ4n) is 1.43. The van der Waals surface area contributed by atoms with Crippen LogP contribution in [0.5, 0.6) is 11.5 Å². The van der Waals surface area contributed by atoms with Gasteiger partial charge in [0.15, 0.2) is 5.75 Å². The van der Waals surface area contributed by atoms with Crippen molar-refractivity contribution in [2.24, 2.45) is 0 Å². The number of aryl methyl sites for hydroxylation is 1. The standard InChI is InChI=1S/C13H11Cl2NO/c1-8-5-6-9(14)12(7-8)17-13-10(15)3-2-4-11(13)16/h2-7H,16H2,1H3. The molecule has 4 heteroatoms. The molecule has 0 fully saturated rings. The molecule has 0 radical (unpaired) electrons. The SMILES string of the molecule is Cc1ccc(Cl)c(Oc2c(N)cccc2Cl)c1. The molecule has 0 unspecified atom stereocenters. The fourth-order valence-corrected chi connectivity index (χ4v) is 1.81. The summed E-state index contributed by atoms with van der Waals surface area (Å²) in [4.78, 5) is 0. The first-order valence-electron chi connectivity index (χ1n) is 5.06. The minimum atomic E-state index is 0.432. The third kappa shape index (κ3) is 2.65. The summed E-state index contributed by atoms with van der Waals surface area (Å²) in [5, 5.41) is 0.984. The van der Waals surface area contributed by atoms with Gasteiger partial charge in [0.1, 0.15) is 5.75 Å². The summed E-state index contributed by atoms with van der Waals surface area (Å²) in [7, 11) is 0. The van der Waals surface area contributed by atoms with Gasteiger partial charge in [0.25, 0.3) is 0 Å². The Morgan fingerprint density at radius 2 is 1.82 bits per heavy atom. The molecule has 2 rings (SSSR count). The van der Waals surface area contributed by atoms with Crippen molar-refractivity contribution in [1.29, 1.82) is 0 Å². The number of benzene rings is 2. The highest BCUT2D eigenvalue weighted by molar-refractivity contribution is 6.33. The van der Waals surface area contributed by atoms with Crippen molar-refractivity contribution >= 4 is 28.9 Å². The molecule has 0 bridgehead atoms. The lowest BCUT2D eigenvalue weighted by atomic mass is 10.2. The molecular weight excluding hydrogens is 257 g/mol. The molecule has 17 heavy (non-hydrogen) atoms. The lowest BCUT2D eigenvalue weighted by Gasteiger charge is -2.11. The summed E-state index contributed by atoms with van der Waals surface area (Å²) in [6.07, 6.45) is 0. The first-order valence-corrected chi connectivity index (χ1v) is 5.81. The number of hydrogen-bond acceptors (Lipinski definition) is 2. The van der Waals surface area contributed by atoms with Crippen LogP contribution < -0.4 is 10.5 Å². The first kappa shape index (κ1) is 12.1.